The number of sulfone groups is 1. The van der Waals surface area contributed by atoms with E-state index in [1.54, 1.807) is 24.5 Å². The highest BCUT2D eigenvalue weighted by Gasteiger charge is 2.46. The summed E-state index contributed by atoms with van der Waals surface area (Å²) in [6.07, 6.45) is 4.69. The molecule has 0 saturated heterocycles. The fraction of sp³-hybridized carbons (Fsp3) is 0.346. The van der Waals surface area contributed by atoms with Crippen molar-refractivity contribution in [1.29, 1.82) is 0 Å². The number of carboxylic acids is 1. The van der Waals surface area contributed by atoms with Crippen molar-refractivity contribution in [3.63, 3.8) is 0 Å². The summed E-state index contributed by atoms with van der Waals surface area (Å²) < 4.78 is 67.5. The standard InChI is InChI=1S/C26H28F3N3O5S/c1-4-18-15-30-24(31-16-18)32(17-20-7-11-22(12-8-20)38(35,36)26(27,28)29)14-13-19-5-9-21(10-6-19)37-25(2,3)23(33)34/h5-12,15-16H,4,13-14,17H2,1-3H3,(H,33,34). The fourth-order valence-electron chi connectivity index (χ4n) is 3.40. The maximum Gasteiger partial charge on any atom is 0.501 e. The van der Waals surface area contributed by atoms with Crippen LogP contribution >= 0.6 is 0 Å². The first kappa shape index (κ1) is 28.9. The summed E-state index contributed by atoms with van der Waals surface area (Å²) in [5.41, 5.74) is -4.31. The molecule has 3 rings (SSSR count). The van der Waals surface area contributed by atoms with Crippen LogP contribution in [0.15, 0.2) is 65.8 Å². The lowest BCUT2D eigenvalue weighted by molar-refractivity contribution is -0.152. The summed E-state index contributed by atoms with van der Waals surface area (Å²) in [6.45, 7) is 5.55. The van der Waals surface area contributed by atoms with Gasteiger partial charge in [0, 0.05) is 25.5 Å². The van der Waals surface area contributed by atoms with E-state index in [-0.39, 0.29) is 6.54 Å². The lowest BCUT2D eigenvalue weighted by Crippen LogP contribution is -2.37. The molecular formula is C26H28F3N3O5S. The SMILES string of the molecule is CCc1cnc(N(CCc2ccc(OC(C)(C)C(=O)O)cc2)Cc2ccc(S(=O)(=O)C(F)(F)F)cc2)nc1. The monoisotopic (exact) mass is 551 g/mol. The molecule has 0 fully saturated rings. The van der Waals surface area contributed by atoms with Crippen molar-refractivity contribution in [1.82, 2.24) is 9.97 Å². The molecule has 204 valence electrons. The minimum atomic E-state index is -5.43. The number of benzene rings is 2. The summed E-state index contributed by atoms with van der Waals surface area (Å²) in [5.74, 6) is -0.266. The van der Waals surface area contributed by atoms with Crippen LogP contribution in [0, 0.1) is 0 Å². The zero-order chi connectivity index (χ0) is 28.1. The minimum Gasteiger partial charge on any atom is -0.478 e. The minimum absolute atomic E-state index is 0.228. The summed E-state index contributed by atoms with van der Waals surface area (Å²) in [5, 5.41) is 9.23. The maximum atomic E-state index is 12.9. The highest BCUT2D eigenvalue weighted by Crippen LogP contribution is 2.30. The molecule has 0 aliphatic heterocycles. The van der Waals surface area contributed by atoms with E-state index in [0.717, 1.165) is 29.7 Å². The number of anilines is 1. The second-order valence-corrected chi connectivity index (χ2v) is 11.0. The van der Waals surface area contributed by atoms with Gasteiger partial charge in [-0.15, -0.1) is 0 Å². The number of ether oxygens (including phenoxy) is 1. The van der Waals surface area contributed by atoms with Crippen LogP contribution in [0.1, 0.15) is 37.5 Å². The van der Waals surface area contributed by atoms with Crippen molar-refractivity contribution < 1.29 is 36.2 Å². The number of carboxylic acid groups (broad SMARTS) is 1. The van der Waals surface area contributed by atoms with Crippen LogP contribution in [-0.4, -0.2) is 47.1 Å². The van der Waals surface area contributed by atoms with Crippen LogP contribution in [0.5, 0.6) is 5.75 Å². The largest absolute Gasteiger partial charge is 0.501 e. The van der Waals surface area contributed by atoms with Crippen LogP contribution in [-0.2, 0) is 34.0 Å². The van der Waals surface area contributed by atoms with Crippen molar-refractivity contribution in [2.45, 2.75) is 56.2 Å². The molecule has 3 aromatic rings. The van der Waals surface area contributed by atoms with E-state index in [1.165, 1.54) is 26.0 Å². The third kappa shape index (κ3) is 7.00. The topological polar surface area (TPSA) is 110 Å². The molecule has 0 radical (unpaired) electrons. The van der Waals surface area contributed by atoms with Gasteiger partial charge in [0.05, 0.1) is 4.90 Å². The second-order valence-electron chi connectivity index (χ2n) is 9.07. The summed E-state index contributed by atoms with van der Waals surface area (Å²) >= 11 is 0. The average Bonchev–Trinajstić information content (AvgIpc) is 2.87. The van der Waals surface area contributed by atoms with Crippen LogP contribution in [0.4, 0.5) is 19.1 Å². The summed E-state index contributed by atoms with van der Waals surface area (Å²) in [7, 11) is -5.43. The molecule has 0 bridgehead atoms. The Kier molecular flexibility index (Phi) is 8.65. The number of aliphatic carboxylic acids is 1. The van der Waals surface area contributed by atoms with Crippen molar-refractivity contribution in [2.75, 3.05) is 11.4 Å². The Hall–Kier alpha value is -3.67. The number of hydrogen-bond donors (Lipinski definition) is 1. The highest BCUT2D eigenvalue weighted by molar-refractivity contribution is 7.92. The Bertz CT molecular complexity index is 1340. The van der Waals surface area contributed by atoms with E-state index < -0.39 is 31.8 Å². The Morgan fingerprint density at radius 3 is 2.00 bits per heavy atom. The molecule has 38 heavy (non-hydrogen) atoms. The van der Waals surface area contributed by atoms with Gasteiger partial charge < -0.3 is 14.7 Å². The maximum absolute atomic E-state index is 12.9. The smallest absolute Gasteiger partial charge is 0.478 e. The molecule has 1 N–H and O–H groups in total. The molecule has 1 aromatic heterocycles. The van der Waals surface area contributed by atoms with Gasteiger partial charge in [-0.25, -0.2) is 23.2 Å². The van der Waals surface area contributed by atoms with Gasteiger partial charge in [0.25, 0.3) is 9.84 Å². The number of aryl methyl sites for hydroxylation is 1. The van der Waals surface area contributed by atoms with Gasteiger partial charge >= 0.3 is 11.5 Å². The van der Waals surface area contributed by atoms with E-state index in [2.05, 4.69) is 9.97 Å². The van der Waals surface area contributed by atoms with Crippen molar-refractivity contribution in [3.8, 4) is 5.75 Å². The van der Waals surface area contributed by atoms with Crippen LogP contribution in [0.3, 0.4) is 0 Å². The third-order valence-electron chi connectivity index (χ3n) is 5.78. The Morgan fingerprint density at radius 1 is 0.947 bits per heavy atom. The Labute approximate surface area is 219 Å². The number of carbonyl (C=O) groups is 1. The number of rotatable bonds is 11. The lowest BCUT2D eigenvalue weighted by Gasteiger charge is -2.24. The third-order valence-corrected chi connectivity index (χ3v) is 7.28. The van der Waals surface area contributed by atoms with Crippen molar-refractivity contribution in [2.24, 2.45) is 0 Å². The molecule has 2 aromatic carbocycles. The number of hydrogen-bond acceptors (Lipinski definition) is 7. The fourth-order valence-corrected chi connectivity index (χ4v) is 4.16. The van der Waals surface area contributed by atoms with Gasteiger partial charge in [0.1, 0.15) is 5.75 Å². The van der Waals surface area contributed by atoms with E-state index in [0.29, 0.717) is 30.2 Å². The van der Waals surface area contributed by atoms with E-state index in [1.807, 2.05) is 24.0 Å². The molecule has 12 heteroatoms. The molecular weight excluding hydrogens is 523 g/mol. The van der Waals surface area contributed by atoms with E-state index in [9.17, 15) is 31.5 Å². The quantitative estimate of drug-likeness (QED) is 0.361. The molecule has 0 atom stereocenters. The van der Waals surface area contributed by atoms with Gasteiger partial charge in [0.2, 0.25) is 5.95 Å². The van der Waals surface area contributed by atoms with Crippen LogP contribution in [0.2, 0.25) is 0 Å². The highest BCUT2D eigenvalue weighted by atomic mass is 32.2. The average molecular weight is 552 g/mol. The van der Waals surface area contributed by atoms with Gasteiger partial charge in [-0.3, -0.25) is 0 Å². The molecule has 0 unspecified atom stereocenters. The summed E-state index contributed by atoms with van der Waals surface area (Å²) in [4.78, 5) is 21.1. The van der Waals surface area contributed by atoms with Crippen LogP contribution in [0.25, 0.3) is 0 Å². The number of alkyl halides is 3. The first-order valence-electron chi connectivity index (χ1n) is 11.7. The van der Waals surface area contributed by atoms with Gasteiger partial charge in [0.15, 0.2) is 5.60 Å². The first-order valence-corrected chi connectivity index (χ1v) is 13.2. The van der Waals surface area contributed by atoms with Gasteiger partial charge in [-0.1, -0.05) is 31.2 Å². The Balaban J connectivity index is 1.77. The van der Waals surface area contributed by atoms with Gasteiger partial charge in [-0.05, 0) is 67.6 Å². The predicted molar refractivity (Wildman–Crippen MR) is 135 cm³/mol. The molecule has 8 nitrogen and oxygen atoms in total. The number of aromatic nitrogens is 2. The number of nitrogens with zero attached hydrogens (tertiary/aromatic N) is 3. The molecule has 0 aliphatic rings. The molecule has 0 spiro atoms. The lowest BCUT2D eigenvalue weighted by atomic mass is 10.1. The van der Waals surface area contributed by atoms with Crippen molar-refractivity contribution >= 4 is 21.8 Å². The molecule has 0 amide bonds. The molecule has 0 saturated carbocycles. The zero-order valence-corrected chi connectivity index (χ0v) is 21.9. The summed E-state index contributed by atoms with van der Waals surface area (Å²) in [6, 6.07) is 11.5. The normalized spacial score (nSPS) is 12.3. The molecule has 0 aliphatic carbocycles. The second kappa shape index (κ2) is 11.4. The first-order chi connectivity index (χ1) is 17.7. The van der Waals surface area contributed by atoms with Crippen molar-refractivity contribution in [3.05, 3.63) is 77.6 Å². The van der Waals surface area contributed by atoms with Crippen LogP contribution < -0.4 is 9.64 Å². The van der Waals surface area contributed by atoms with Gasteiger partial charge in [-0.2, -0.15) is 13.2 Å². The molecule has 1 heterocycles. The van der Waals surface area contributed by atoms with E-state index in [4.69, 9.17) is 4.74 Å². The Morgan fingerprint density at radius 2 is 1.50 bits per heavy atom. The van der Waals surface area contributed by atoms with E-state index >= 15 is 0 Å². The predicted octanol–water partition coefficient (Wildman–Crippen LogP) is 4.82. The zero-order valence-electron chi connectivity index (χ0n) is 21.1. The number of halogens is 3.